The van der Waals surface area contributed by atoms with E-state index < -0.39 is 4.92 Å². The third-order valence-electron chi connectivity index (χ3n) is 3.84. The molecule has 2 heterocycles. The van der Waals surface area contributed by atoms with Crippen LogP contribution >= 0.6 is 22.6 Å². The van der Waals surface area contributed by atoms with E-state index in [1.165, 1.54) is 10.7 Å². The van der Waals surface area contributed by atoms with Crippen LogP contribution in [-0.4, -0.2) is 27.2 Å². The molecule has 0 saturated heterocycles. The van der Waals surface area contributed by atoms with Crippen LogP contribution in [0.2, 0.25) is 0 Å². The monoisotopic (exact) mass is 496 g/mol. The molecule has 146 valence electrons. The van der Waals surface area contributed by atoms with Gasteiger partial charge in [0.25, 0.3) is 5.91 Å². The third kappa shape index (κ3) is 5.09. The van der Waals surface area contributed by atoms with Crippen LogP contribution in [-0.2, 0) is 13.2 Å². The van der Waals surface area contributed by atoms with Crippen molar-refractivity contribution in [1.82, 2.24) is 15.1 Å². The Labute approximate surface area is 174 Å². The summed E-state index contributed by atoms with van der Waals surface area (Å²) in [6.07, 6.45) is 0. The lowest BCUT2D eigenvalue weighted by Gasteiger charge is -2.04. The molecule has 0 aliphatic rings. The van der Waals surface area contributed by atoms with Gasteiger partial charge in [-0.3, -0.25) is 4.79 Å². The van der Waals surface area contributed by atoms with Crippen LogP contribution in [0.5, 0.6) is 5.75 Å². The summed E-state index contributed by atoms with van der Waals surface area (Å²) in [5.74, 6) is 0.825. The van der Waals surface area contributed by atoms with Gasteiger partial charge in [-0.2, -0.15) is 4.68 Å². The van der Waals surface area contributed by atoms with Crippen LogP contribution in [0.3, 0.4) is 0 Å². The van der Waals surface area contributed by atoms with Gasteiger partial charge in [0, 0.05) is 10.1 Å². The Morgan fingerprint density at radius 2 is 2.07 bits per heavy atom. The molecule has 3 aromatic rings. The summed E-state index contributed by atoms with van der Waals surface area (Å²) in [6, 6.07) is 12.2. The average molecular weight is 496 g/mol. The fourth-order valence-corrected chi connectivity index (χ4v) is 2.79. The standard InChI is InChI=1S/C18H17IN4O5/c1-12-10-17(23(25)26)21-22(12)9-8-20-18(24)16-7-6-15(28-16)11-27-14-4-2-13(19)3-5-14/h2-7,10H,8-9,11H2,1H3,(H,20,24). The molecule has 10 heteroatoms. The number of carbonyl (C=O) groups excluding carboxylic acids is 1. The number of ether oxygens (including phenoxy) is 1. The van der Waals surface area contributed by atoms with Crippen molar-refractivity contribution in [3.63, 3.8) is 0 Å². The zero-order chi connectivity index (χ0) is 20.1. The minimum Gasteiger partial charge on any atom is -0.486 e. The molecule has 0 fully saturated rings. The number of nitro groups is 1. The van der Waals surface area contributed by atoms with Gasteiger partial charge in [0.1, 0.15) is 18.1 Å². The maximum absolute atomic E-state index is 12.2. The highest BCUT2D eigenvalue weighted by atomic mass is 127. The van der Waals surface area contributed by atoms with E-state index in [2.05, 4.69) is 33.0 Å². The lowest BCUT2D eigenvalue weighted by atomic mass is 10.3. The fraction of sp³-hybridized carbons (Fsp3) is 0.222. The zero-order valence-electron chi connectivity index (χ0n) is 14.9. The minimum atomic E-state index is -0.551. The van der Waals surface area contributed by atoms with Gasteiger partial charge in [-0.05, 0) is 70.8 Å². The van der Waals surface area contributed by atoms with Crippen molar-refractivity contribution in [2.75, 3.05) is 6.54 Å². The van der Waals surface area contributed by atoms with Gasteiger partial charge >= 0.3 is 5.82 Å². The highest BCUT2D eigenvalue weighted by molar-refractivity contribution is 14.1. The molecular weight excluding hydrogens is 479 g/mol. The van der Waals surface area contributed by atoms with Crippen molar-refractivity contribution in [3.8, 4) is 5.75 Å². The van der Waals surface area contributed by atoms with Gasteiger partial charge in [0.2, 0.25) is 0 Å². The van der Waals surface area contributed by atoms with Crippen molar-refractivity contribution in [2.45, 2.75) is 20.1 Å². The fourth-order valence-electron chi connectivity index (χ4n) is 2.43. The molecule has 0 atom stereocenters. The second-order valence-corrected chi connectivity index (χ2v) is 7.13. The van der Waals surface area contributed by atoms with E-state index in [4.69, 9.17) is 9.15 Å². The summed E-state index contributed by atoms with van der Waals surface area (Å²) in [7, 11) is 0. The predicted octanol–water partition coefficient (Wildman–Crippen LogP) is 3.31. The maximum atomic E-state index is 12.2. The number of nitrogens with zero attached hydrogens (tertiary/aromatic N) is 3. The smallest absolute Gasteiger partial charge is 0.390 e. The van der Waals surface area contributed by atoms with E-state index in [1.54, 1.807) is 19.1 Å². The van der Waals surface area contributed by atoms with E-state index in [0.29, 0.717) is 23.7 Å². The Kier molecular flexibility index (Phi) is 6.29. The van der Waals surface area contributed by atoms with Gasteiger partial charge in [-0.25, -0.2) is 0 Å². The first kappa shape index (κ1) is 19.9. The van der Waals surface area contributed by atoms with Gasteiger partial charge < -0.3 is 24.6 Å². The van der Waals surface area contributed by atoms with E-state index in [9.17, 15) is 14.9 Å². The number of amides is 1. The van der Waals surface area contributed by atoms with Gasteiger partial charge in [0.15, 0.2) is 5.76 Å². The summed E-state index contributed by atoms with van der Waals surface area (Å²) >= 11 is 2.21. The van der Waals surface area contributed by atoms with E-state index in [0.717, 1.165) is 3.57 Å². The Morgan fingerprint density at radius 3 is 2.75 bits per heavy atom. The summed E-state index contributed by atoms with van der Waals surface area (Å²) in [5, 5.41) is 17.3. The number of carbonyl (C=O) groups is 1. The average Bonchev–Trinajstić information content (AvgIpc) is 3.28. The Balaban J connectivity index is 1.48. The van der Waals surface area contributed by atoms with E-state index in [1.807, 2.05) is 24.3 Å². The first-order valence-electron chi connectivity index (χ1n) is 8.36. The van der Waals surface area contributed by atoms with E-state index >= 15 is 0 Å². The molecule has 0 saturated carbocycles. The van der Waals surface area contributed by atoms with Crippen molar-refractivity contribution in [3.05, 3.63) is 73.4 Å². The molecule has 1 N–H and O–H groups in total. The number of aryl methyl sites for hydroxylation is 1. The van der Waals surface area contributed by atoms with E-state index in [-0.39, 0.29) is 30.6 Å². The number of hydrogen-bond acceptors (Lipinski definition) is 6. The number of aromatic nitrogens is 2. The van der Waals surface area contributed by atoms with Gasteiger partial charge in [-0.1, -0.05) is 0 Å². The second kappa shape index (κ2) is 8.87. The predicted molar refractivity (Wildman–Crippen MR) is 108 cm³/mol. The Hall–Kier alpha value is -2.89. The summed E-state index contributed by atoms with van der Waals surface area (Å²) < 4.78 is 13.7. The molecule has 9 nitrogen and oxygen atoms in total. The number of rotatable bonds is 8. The first-order valence-corrected chi connectivity index (χ1v) is 9.44. The second-order valence-electron chi connectivity index (χ2n) is 5.89. The first-order chi connectivity index (χ1) is 13.4. The number of halogens is 1. The number of hydrogen-bond donors (Lipinski definition) is 1. The van der Waals surface area contributed by atoms with Crippen LogP contribution in [0.1, 0.15) is 22.0 Å². The summed E-state index contributed by atoms with van der Waals surface area (Å²) in [5.41, 5.74) is 0.647. The van der Waals surface area contributed by atoms with Crippen LogP contribution in [0.4, 0.5) is 5.82 Å². The van der Waals surface area contributed by atoms with Crippen LogP contribution in [0, 0.1) is 20.6 Å². The minimum absolute atomic E-state index is 0.171. The number of furan rings is 1. The SMILES string of the molecule is Cc1cc([N+](=O)[O-])nn1CCNC(=O)c1ccc(COc2ccc(I)cc2)o1. The van der Waals surface area contributed by atoms with Crippen molar-refractivity contribution >= 4 is 34.3 Å². The molecule has 0 bridgehead atoms. The molecule has 28 heavy (non-hydrogen) atoms. The lowest BCUT2D eigenvalue weighted by molar-refractivity contribution is -0.389. The molecule has 0 radical (unpaired) electrons. The highest BCUT2D eigenvalue weighted by Crippen LogP contribution is 2.16. The van der Waals surface area contributed by atoms with Crippen LogP contribution in [0.15, 0.2) is 46.9 Å². The molecule has 2 aromatic heterocycles. The number of nitrogens with one attached hydrogen (secondary N) is 1. The van der Waals surface area contributed by atoms with Crippen LogP contribution < -0.4 is 10.1 Å². The molecule has 0 aliphatic heterocycles. The molecule has 0 spiro atoms. The quantitative estimate of drug-likeness (QED) is 0.291. The molecule has 0 unspecified atom stereocenters. The molecule has 0 aliphatic carbocycles. The topological polar surface area (TPSA) is 112 Å². The summed E-state index contributed by atoms with van der Waals surface area (Å²) in [4.78, 5) is 22.4. The molecular formula is C18H17IN4O5. The normalized spacial score (nSPS) is 10.6. The zero-order valence-corrected chi connectivity index (χ0v) is 17.1. The third-order valence-corrected chi connectivity index (χ3v) is 4.56. The van der Waals surface area contributed by atoms with Crippen molar-refractivity contribution in [2.24, 2.45) is 0 Å². The maximum Gasteiger partial charge on any atom is 0.390 e. The molecule has 3 rings (SSSR count). The van der Waals surface area contributed by atoms with Crippen LogP contribution in [0.25, 0.3) is 0 Å². The Morgan fingerprint density at radius 1 is 1.32 bits per heavy atom. The highest BCUT2D eigenvalue weighted by Gasteiger charge is 2.16. The molecule has 1 aromatic carbocycles. The number of benzene rings is 1. The molecule has 1 amide bonds. The summed E-state index contributed by atoms with van der Waals surface area (Å²) in [6.45, 7) is 2.50. The largest absolute Gasteiger partial charge is 0.486 e. The Bertz CT molecular complexity index is 980. The van der Waals surface area contributed by atoms with Crippen molar-refractivity contribution < 1.29 is 18.9 Å². The lowest BCUT2D eigenvalue weighted by Crippen LogP contribution is -2.27. The van der Waals surface area contributed by atoms with Crippen molar-refractivity contribution in [1.29, 1.82) is 0 Å². The van der Waals surface area contributed by atoms with Gasteiger partial charge in [-0.15, -0.1) is 0 Å². The van der Waals surface area contributed by atoms with Gasteiger partial charge in [0.05, 0.1) is 23.4 Å².